The van der Waals surface area contributed by atoms with E-state index < -0.39 is 11.9 Å². The first kappa shape index (κ1) is 10.3. The van der Waals surface area contributed by atoms with Crippen LogP contribution in [0.2, 0.25) is 0 Å². The summed E-state index contributed by atoms with van der Waals surface area (Å²) >= 11 is 3.35. The minimum atomic E-state index is -0.801. The second-order valence-corrected chi connectivity index (χ2v) is 3.94. The molecule has 2 nitrogen and oxygen atoms in total. The van der Waals surface area contributed by atoms with Crippen LogP contribution in [0.15, 0.2) is 22.7 Å². The number of carbonyl (C=O) groups is 1. The maximum Gasteiger partial charge on any atom is 0.310 e. The number of aliphatic carboxylic acids is 1. The number of hydrogen-bond acceptors (Lipinski definition) is 1. The van der Waals surface area contributed by atoms with Crippen molar-refractivity contribution in [1.29, 1.82) is 0 Å². The molecule has 1 N–H and O–H groups in total. The van der Waals surface area contributed by atoms with Crippen molar-refractivity contribution >= 4 is 21.9 Å². The molecule has 0 saturated heterocycles. The van der Waals surface area contributed by atoms with Crippen LogP contribution in [0.1, 0.15) is 24.0 Å². The summed E-state index contributed by atoms with van der Waals surface area (Å²) in [5.74, 6) is -1.26. The van der Waals surface area contributed by atoms with Crippen LogP contribution >= 0.6 is 15.9 Å². The Balaban J connectivity index is 3.08. The summed E-state index contributed by atoms with van der Waals surface area (Å²) in [5.41, 5.74) is 1.94. The Morgan fingerprint density at radius 3 is 2.62 bits per heavy atom. The van der Waals surface area contributed by atoms with Gasteiger partial charge in [-0.1, -0.05) is 28.1 Å². The number of benzene rings is 1. The van der Waals surface area contributed by atoms with Crippen molar-refractivity contribution in [2.45, 2.75) is 19.8 Å². The number of halogens is 1. The zero-order valence-corrected chi connectivity index (χ0v) is 9.13. The summed E-state index contributed by atoms with van der Waals surface area (Å²) in [7, 11) is 0. The smallest absolute Gasteiger partial charge is 0.310 e. The molecule has 0 fully saturated rings. The van der Waals surface area contributed by atoms with Gasteiger partial charge in [0.25, 0.3) is 0 Å². The van der Waals surface area contributed by atoms with E-state index in [1.165, 1.54) is 0 Å². The lowest BCUT2D eigenvalue weighted by Crippen LogP contribution is -2.07. The molecule has 1 rings (SSSR count). The van der Waals surface area contributed by atoms with E-state index in [0.717, 1.165) is 15.6 Å². The quantitative estimate of drug-likeness (QED) is 0.866. The normalized spacial score (nSPS) is 12.5. The molecule has 0 aromatic heterocycles. The molecular weight excluding hydrogens is 232 g/mol. The van der Waals surface area contributed by atoms with Crippen molar-refractivity contribution in [1.82, 2.24) is 0 Å². The van der Waals surface area contributed by atoms with Gasteiger partial charge in [0.05, 0.1) is 5.92 Å². The molecule has 3 heteroatoms. The molecule has 1 aromatic rings. The van der Waals surface area contributed by atoms with Gasteiger partial charge in [-0.15, -0.1) is 0 Å². The van der Waals surface area contributed by atoms with Crippen LogP contribution in [0.3, 0.4) is 0 Å². The summed E-state index contributed by atoms with van der Waals surface area (Å²) in [6.45, 7) is 3.65. The molecule has 1 aromatic carbocycles. The Bertz CT molecular complexity index is 334. The van der Waals surface area contributed by atoms with E-state index in [0.29, 0.717) is 0 Å². The fourth-order valence-electron chi connectivity index (χ4n) is 1.12. The number of carboxylic acids is 1. The number of hydrogen-bond donors (Lipinski definition) is 1. The molecule has 70 valence electrons. The Morgan fingerprint density at radius 2 is 2.15 bits per heavy atom. The van der Waals surface area contributed by atoms with E-state index in [1.54, 1.807) is 6.92 Å². The van der Waals surface area contributed by atoms with Gasteiger partial charge in [0.15, 0.2) is 0 Å². The second-order valence-electron chi connectivity index (χ2n) is 3.08. The van der Waals surface area contributed by atoms with Crippen LogP contribution < -0.4 is 0 Å². The van der Waals surface area contributed by atoms with Crippen molar-refractivity contribution in [3.63, 3.8) is 0 Å². The topological polar surface area (TPSA) is 37.3 Å². The molecule has 13 heavy (non-hydrogen) atoms. The number of carboxylic acid groups (broad SMARTS) is 1. The third kappa shape index (κ3) is 2.31. The molecule has 0 radical (unpaired) electrons. The first-order valence-electron chi connectivity index (χ1n) is 4.01. The van der Waals surface area contributed by atoms with Gasteiger partial charge in [-0.25, -0.2) is 0 Å². The number of aryl methyl sites for hydroxylation is 1. The van der Waals surface area contributed by atoms with Crippen LogP contribution in [0, 0.1) is 6.92 Å². The van der Waals surface area contributed by atoms with Crippen molar-refractivity contribution in [2.75, 3.05) is 0 Å². The Hall–Kier alpha value is -0.830. The Kier molecular flexibility index (Phi) is 3.09. The summed E-state index contributed by atoms with van der Waals surface area (Å²) in [4.78, 5) is 10.7. The highest BCUT2D eigenvalue weighted by atomic mass is 79.9. The van der Waals surface area contributed by atoms with E-state index in [2.05, 4.69) is 15.9 Å². The lowest BCUT2D eigenvalue weighted by atomic mass is 10.0. The van der Waals surface area contributed by atoms with Crippen molar-refractivity contribution in [3.05, 3.63) is 33.8 Å². The zero-order valence-electron chi connectivity index (χ0n) is 7.54. The summed E-state index contributed by atoms with van der Waals surface area (Å²) in [5, 5.41) is 8.81. The van der Waals surface area contributed by atoms with Crippen molar-refractivity contribution in [3.8, 4) is 0 Å². The van der Waals surface area contributed by atoms with Gasteiger partial charge in [0.1, 0.15) is 0 Å². The van der Waals surface area contributed by atoms with Gasteiger partial charge in [-0.05, 0) is 31.0 Å². The molecule has 0 bridgehead atoms. The highest BCUT2D eigenvalue weighted by molar-refractivity contribution is 9.10. The lowest BCUT2D eigenvalue weighted by molar-refractivity contribution is -0.138. The SMILES string of the molecule is Cc1ccc(C(C)C(=O)O)c(Br)c1. The fraction of sp³-hybridized carbons (Fsp3) is 0.300. The van der Waals surface area contributed by atoms with E-state index >= 15 is 0 Å². The second kappa shape index (κ2) is 3.92. The van der Waals surface area contributed by atoms with Crippen LogP contribution in [0.25, 0.3) is 0 Å². The van der Waals surface area contributed by atoms with Gasteiger partial charge in [-0.3, -0.25) is 4.79 Å². The van der Waals surface area contributed by atoms with E-state index in [-0.39, 0.29) is 0 Å². The first-order chi connectivity index (χ1) is 6.02. The van der Waals surface area contributed by atoms with E-state index in [9.17, 15) is 4.79 Å². The average Bonchev–Trinajstić information content (AvgIpc) is 2.03. The molecule has 0 aliphatic heterocycles. The third-order valence-corrected chi connectivity index (χ3v) is 2.68. The number of rotatable bonds is 2. The van der Waals surface area contributed by atoms with Crippen LogP contribution in [0.4, 0.5) is 0 Å². The van der Waals surface area contributed by atoms with Gasteiger partial charge in [-0.2, -0.15) is 0 Å². The maximum absolute atomic E-state index is 10.7. The molecule has 0 heterocycles. The molecule has 0 amide bonds. The van der Waals surface area contributed by atoms with E-state index in [1.807, 2.05) is 25.1 Å². The van der Waals surface area contributed by atoms with Gasteiger partial charge in [0.2, 0.25) is 0 Å². The molecule has 1 unspecified atom stereocenters. The molecule has 0 aliphatic rings. The zero-order chi connectivity index (χ0) is 10.0. The van der Waals surface area contributed by atoms with Crippen LogP contribution in [-0.4, -0.2) is 11.1 Å². The van der Waals surface area contributed by atoms with Crippen LogP contribution in [0.5, 0.6) is 0 Å². The Labute approximate surface area is 85.7 Å². The fourth-order valence-corrected chi connectivity index (χ4v) is 1.95. The first-order valence-corrected chi connectivity index (χ1v) is 4.80. The van der Waals surface area contributed by atoms with Gasteiger partial charge < -0.3 is 5.11 Å². The highest BCUT2D eigenvalue weighted by Gasteiger charge is 2.15. The molecule has 0 spiro atoms. The summed E-state index contributed by atoms with van der Waals surface area (Å²) in [6, 6.07) is 5.69. The monoisotopic (exact) mass is 242 g/mol. The van der Waals surface area contributed by atoms with E-state index in [4.69, 9.17) is 5.11 Å². The molecule has 0 saturated carbocycles. The standard InChI is InChI=1S/C10H11BrO2/c1-6-3-4-8(9(11)5-6)7(2)10(12)13/h3-5,7H,1-2H3,(H,12,13). The summed E-state index contributed by atoms with van der Waals surface area (Å²) < 4.78 is 0.863. The third-order valence-electron chi connectivity index (χ3n) is 1.99. The van der Waals surface area contributed by atoms with Crippen molar-refractivity contribution < 1.29 is 9.90 Å². The van der Waals surface area contributed by atoms with Crippen molar-refractivity contribution in [2.24, 2.45) is 0 Å². The highest BCUT2D eigenvalue weighted by Crippen LogP contribution is 2.25. The predicted octanol–water partition coefficient (Wildman–Crippen LogP) is 2.95. The predicted molar refractivity (Wildman–Crippen MR) is 54.9 cm³/mol. The van der Waals surface area contributed by atoms with Gasteiger partial charge >= 0.3 is 5.97 Å². The minimum absolute atomic E-state index is 0.463. The molecule has 1 atom stereocenters. The lowest BCUT2D eigenvalue weighted by Gasteiger charge is -2.09. The molecular formula is C10H11BrO2. The largest absolute Gasteiger partial charge is 0.481 e. The average molecular weight is 243 g/mol. The Morgan fingerprint density at radius 1 is 1.54 bits per heavy atom. The minimum Gasteiger partial charge on any atom is -0.481 e. The summed E-state index contributed by atoms with van der Waals surface area (Å²) in [6.07, 6.45) is 0. The maximum atomic E-state index is 10.7. The van der Waals surface area contributed by atoms with Crippen LogP contribution in [-0.2, 0) is 4.79 Å². The molecule has 0 aliphatic carbocycles. The van der Waals surface area contributed by atoms with Gasteiger partial charge in [0, 0.05) is 4.47 Å².